The largest absolute Gasteiger partial charge is 0.207 e. The lowest BCUT2D eigenvalue weighted by Crippen LogP contribution is -2.25. The van der Waals surface area contributed by atoms with Gasteiger partial charge in [-0.25, -0.2) is 4.39 Å². The monoisotopic (exact) mass is 413 g/mol. The molecule has 1 nitrogen and oxygen atoms in total. The fraction of sp³-hybridized carbons (Fsp3) is 0.667. The number of benzene rings is 1. The van der Waals surface area contributed by atoms with Gasteiger partial charge in [0.1, 0.15) is 11.9 Å². The lowest BCUT2D eigenvalue weighted by Gasteiger charge is -2.38. The summed E-state index contributed by atoms with van der Waals surface area (Å²) in [6, 6.07) is 8.52. The third kappa shape index (κ3) is 7.53. The minimum atomic E-state index is -0.629. The van der Waals surface area contributed by atoms with Crippen molar-refractivity contribution in [3.05, 3.63) is 47.5 Å². The van der Waals surface area contributed by atoms with E-state index < -0.39 is 5.83 Å². The lowest BCUT2D eigenvalue weighted by atomic mass is 9.68. The summed E-state index contributed by atoms with van der Waals surface area (Å²) in [5.41, 5.74) is 1.25. The van der Waals surface area contributed by atoms with Crippen LogP contribution in [0.2, 0.25) is 0 Å². The average Bonchev–Trinajstić information content (AvgIpc) is 2.79. The van der Waals surface area contributed by atoms with Gasteiger partial charge >= 0.3 is 0 Å². The molecule has 1 aromatic carbocycles. The van der Waals surface area contributed by atoms with Gasteiger partial charge in [0, 0.05) is 0 Å². The molecule has 0 atom stereocenters. The van der Waals surface area contributed by atoms with E-state index in [2.05, 4.69) is 0 Å². The SMILES string of the molecule is N#CC(F)=CCC[C@H]1CC[C@H]([C@H]2CC[C@H](CCCCc3ccc(F)cc3)CC2)CC1. The van der Waals surface area contributed by atoms with E-state index in [1.165, 1.54) is 82.3 Å². The maximum atomic E-state index is 13.0. The predicted molar refractivity (Wildman–Crippen MR) is 119 cm³/mol. The van der Waals surface area contributed by atoms with Gasteiger partial charge in [-0.05, 0) is 98.8 Å². The second-order valence-electron chi connectivity index (χ2n) is 9.68. The molecule has 0 heterocycles. The van der Waals surface area contributed by atoms with Gasteiger partial charge in [-0.2, -0.15) is 9.65 Å². The third-order valence-electron chi connectivity index (χ3n) is 7.70. The molecule has 0 unspecified atom stereocenters. The molecule has 2 fully saturated rings. The van der Waals surface area contributed by atoms with Gasteiger partial charge in [-0.3, -0.25) is 0 Å². The number of unbranched alkanes of at least 4 members (excludes halogenated alkanes) is 1. The summed E-state index contributed by atoms with van der Waals surface area (Å²) in [4.78, 5) is 0. The first kappa shape index (κ1) is 23.0. The number of hydrogen-bond donors (Lipinski definition) is 0. The zero-order valence-corrected chi connectivity index (χ0v) is 18.3. The fourth-order valence-corrected chi connectivity index (χ4v) is 5.80. The van der Waals surface area contributed by atoms with Crippen molar-refractivity contribution in [2.24, 2.45) is 23.7 Å². The Morgan fingerprint density at radius 1 is 0.867 bits per heavy atom. The van der Waals surface area contributed by atoms with Crippen molar-refractivity contribution in [1.82, 2.24) is 0 Å². The topological polar surface area (TPSA) is 23.8 Å². The first-order chi connectivity index (χ1) is 14.6. The van der Waals surface area contributed by atoms with E-state index in [0.29, 0.717) is 6.42 Å². The van der Waals surface area contributed by atoms with Crippen molar-refractivity contribution in [2.45, 2.75) is 89.9 Å². The van der Waals surface area contributed by atoms with Crippen molar-refractivity contribution < 1.29 is 8.78 Å². The number of hydrogen-bond acceptors (Lipinski definition) is 1. The van der Waals surface area contributed by atoms with Gasteiger partial charge in [-0.15, -0.1) is 0 Å². The van der Waals surface area contributed by atoms with Gasteiger partial charge in [-0.1, -0.05) is 50.7 Å². The average molecular weight is 414 g/mol. The van der Waals surface area contributed by atoms with Gasteiger partial charge in [0.2, 0.25) is 0 Å². The molecule has 2 saturated carbocycles. The highest BCUT2D eigenvalue weighted by Crippen LogP contribution is 2.43. The van der Waals surface area contributed by atoms with E-state index in [1.807, 2.05) is 12.1 Å². The minimum absolute atomic E-state index is 0.146. The zero-order valence-electron chi connectivity index (χ0n) is 18.3. The second kappa shape index (κ2) is 12.2. The molecular formula is C27H37F2N. The van der Waals surface area contributed by atoms with Crippen LogP contribution < -0.4 is 0 Å². The molecule has 1 aromatic rings. The Morgan fingerprint density at radius 3 is 2.00 bits per heavy atom. The van der Waals surface area contributed by atoms with E-state index in [4.69, 9.17) is 5.26 Å². The second-order valence-corrected chi connectivity index (χ2v) is 9.68. The Balaban J connectivity index is 1.26. The molecular weight excluding hydrogens is 376 g/mol. The molecule has 30 heavy (non-hydrogen) atoms. The molecule has 3 rings (SSSR count). The summed E-state index contributed by atoms with van der Waals surface area (Å²) in [6.45, 7) is 0. The van der Waals surface area contributed by atoms with Crippen LogP contribution in [0, 0.1) is 40.8 Å². The van der Waals surface area contributed by atoms with Crippen LogP contribution in [0.15, 0.2) is 36.2 Å². The van der Waals surface area contributed by atoms with Crippen LogP contribution in [-0.4, -0.2) is 0 Å². The van der Waals surface area contributed by atoms with E-state index in [1.54, 1.807) is 18.2 Å². The third-order valence-corrected chi connectivity index (χ3v) is 7.70. The number of allylic oxidation sites excluding steroid dienone is 2. The number of nitrogens with zero attached hydrogens (tertiary/aromatic N) is 1. The molecule has 0 spiro atoms. The van der Waals surface area contributed by atoms with E-state index in [9.17, 15) is 8.78 Å². The summed E-state index contributed by atoms with van der Waals surface area (Å²) < 4.78 is 25.9. The maximum Gasteiger partial charge on any atom is 0.196 e. The quantitative estimate of drug-likeness (QED) is 0.295. The number of nitriles is 1. The minimum Gasteiger partial charge on any atom is -0.207 e. The molecule has 0 amide bonds. The number of rotatable bonds is 9. The summed E-state index contributed by atoms with van der Waals surface area (Å²) >= 11 is 0. The predicted octanol–water partition coefficient (Wildman–Crippen LogP) is 8.31. The van der Waals surface area contributed by atoms with Gasteiger partial charge < -0.3 is 0 Å². The molecule has 0 bridgehead atoms. The first-order valence-corrected chi connectivity index (χ1v) is 12.1. The maximum absolute atomic E-state index is 13.0. The van der Waals surface area contributed by atoms with Crippen LogP contribution in [0.25, 0.3) is 0 Å². The Hall–Kier alpha value is -1.69. The Kier molecular flexibility index (Phi) is 9.37. The Morgan fingerprint density at radius 2 is 1.43 bits per heavy atom. The van der Waals surface area contributed by atoms with Gasteiger partial charge in [0.15, 0.2) is 5.83 Å². The standard InChI is InChI=1S/C27H37F2N/c28-26-18-12-22(13-19-26)5-2-1-4-21-8-14-24(15-9-21)25-16-10-23(11-17-25)6-3-7-27(29)20-30/h7,12-13,18-19,21,23-25H,1-6,8-11,14-17H2/t21-,23-,24-,25-. The molecule has 0 aromatic heterocycles. The highest BCUT2D eigenvalue weighted by Gasteiger charge is 2.30. The smallest absolute Gasteiger partial charge is 0.196 e. The highest BCUT2D eigenvalue weighted by atomic mass is 19.1. The zero-order chi connectivity index (χ0) is 21.2. The normalized spacial score (nSPS) is 27.6. The van der Waals surface area contributed by atoms with Gasteiger partial charge in [0.25, 0.3) is 0 Å². The van der Waals surface area contributed by atoms with Crippen molar-refractivity contribution >= 4 is 0 Å². The van der Waals surface area contributed by atoms with Crippen LogP contribution in [0.5, 0.6) is 0 Å². The number of aryl methyl sites for hydroxylation is 1. The molecule has 0 radical (unpaired) electrons. The molecule has 2 aliphatic rings. The molecule has 0 saturated heterocycles. The van der Waals surface area contributed by atoms with Crippen LogP contribution in [-0.2, 0) is 6.42 Å². The van der Waals surface area contributed by atoms with Crippen LogP contribution >= 0.6 is 0 Å². The first-order valence-electron chi connectivity index (χ1n) is 12.1. The van der Waals surface area contributed by atoms with Crippen molar-refractivity contribution in [2.75, 3.05) is 0 Å². The van der Waals surface area contributed by atoms with E-state index in [-0.39, 0.29) is 5.82 Å². The van der Waals surface area contributed by atoms with E-state index in [0.717, 1.165) is 36.5 Å². The Bertz CT molecular complexity index is 687. The van der Waals surface area contributed by atoms with Crippen molar-refractivity contribution in [1.29, 1.82) is 5.26 Å². The van der Waals surface area contributed by atoms with Crippen molar-refractivity contribution in [3.63, 3.8) is 0 Å². The molecule has 164 valence electrons. The summed E-state index contributed by atoms with van der Waals surface area (Å²) in [7, 11) is 0. The summed E-state index contributed by atoms with van der Waals surface area (Å²) in [5, 5.41) is 8.48. The Labute approximate surface area is 181 Å². The molecule has 0 N–H and O–H groups in total. The highest BCUT2D eigenvalue weighted by molar-refractivity contribution is 5.16. The van der Waals surface area contributed by atoms with E-state index >= 15 is 0 Å². The molecule has 0 aliphatic heterocycles. The lowest BCUT2D eigenvalue weighted by molar-refractivity contribution is 0.140. The van der Waals surface area contributed by atoms with Crippen LogP contribution in [0.1, 0.15) is 89.0 Å². The van der Waals surface area contributed by atoms with Crippen LogP contribution in [0.4, 0.5) is 8.78 Å². The fourth-order valence-electron chi connectivity index (χ4n) is 5.80. The van der Waals surface area contributed by atoms with Gasteiger partial charge in [0.05, 0.1) is 0 Å². The molecule has 2 aliphatic carbocycles. The summed E-state index contributed by atoms with van der Waals surface area (Å²) in [5.74, 6) is 2.70. The van der Waals surface area contributed by atoms with Crippen molar-refractivity contribution in [3.8, 4) is 6.07 Å². The molecule has 3 heteroatoms. The summed E-state index contributed by atoms with van der Waals surface area (Å²) in [6.07, 6.45) is 19.0. The van der Waals surface area contributed by atoms with Crippen LogP contribution in [0.3, 0.4) is 0 Å². The number of halogens is 2.